The first-order chi connectivity index (χ1) is 6.84. The smallest absolute Gasteiger partial charge is 0.0704 e. The minimum absolute atomic E-state index is 0.280. The fourth-order valence-electron chi connectivity index (χ4n) is 1.56. The minimum atomic E-state index is 0.280. The summed E-state index contributed by atoms with van der Waals surface area (Å²) in [5, 5.41) is 0.788. The lowest BCUT2D eigenvalue weighted by Gasteiger charge is -2.13. The van der Waals surface area contributed by atoms with E-state index in [0.29, 0.717) is 0 Å². The predicted octanol–water partition coefficient (Wildman–Crippen LogP) is 3.96. The molecule has 3 heteroatoms. The zero-order chi connectivity index (χ0) is 9.80. The Labute approximate surface area is 92.6 Å². The van der Waals surface area contributed by atoms with Crippen LogP contribution in [0.3, 0.4) is 0 Å². The van der Waals surface area contributed by atoms with E-state index in [1.54, 1.807) is 0 Å². The first kappa shape index (κ1) is 10.2. The first-order valence-corrected chi connectivity index (χ1v) is 6.89. The van der Waals surface area contributed by atoms with Crippen LogP contribution in [0.15, 0.2) is 28.6 Å². The molecule has 0 N–H and O–H groups in total. The molecule has 0 aromatic heterocycles. The summed E-state index contributed by atoms with van der Waals surface area (Å²) in [7, 11) is 0.280. The summed E-state index contributed by atoms with van der Waals surface area (Å²) < 4.78 is 4.73. The van der Waals surface area contributed by atoms with Crippen LogP contribution in [0.1, 0.15) is 19.3 Å². The zero-order valence-corrected chi connectivity index (χ0v) is 9.65. The number of hydrogen-bond donors (Lipinski definition) is 0. The Hall–Kier alpha value is -0.340. The third kappa shape index (κ3) is 2.82. The molecular formula is C11H14ClNS. The largest absolute Gasteiger partial charge is 0.228 e. The maximum absolute atomic E-state index is 5.82. The summed E-state index contributed by atoms with van der Waals surface area (Å²) >= 11 is 5.82. The van der Waals surface area contributed by atoms with E-state index in [1.807, 2.05) is 24.3 Å². The molecule has 14 heavy (non-hydrogen) atoms. The molecule has 1 aliphatic rings. The van der Waals surface area contributed by atoms with Crippen LogP contribution in [0, 0.1) is 0 Å². The maximum Gasteiger partial charge on any atom is 0.0704 e. The Kier molecular flexibility index (Phi) is 3.60. The lowest BCUT2D eigenvalue weighted by Crippen LogP contribution is -2.08. The summed E-state index contributed by atoms with van der Waals surface area (Å²) in [5.74, 6) is 2.56. The molecule has 1 aromatic rings. The summed E-state index contributed by atoms with van der Waals surface area (Å²) in [5.41, 5.74) is 1.08. The van der Waals surface area contributed by atoms with Crippen molar-refractivity contribution in [2.45, 2.75) is 19.3 Å². The van der Waals surface area contributed by atoms with Gasteiger partial charge in [0.2, 0.25) is 0 Å². The van der Waals surface area contributed by atoms with Crippen molar-refractivity contribution in [1.29, 1.82) is 0 Å². The molecule has 1 aliphatic heterocycles. The van der Waals surface area contributed by atoms with Gasteiger partial charge in [-0.2, -0.15) is 0 Å². The van der Waals surface area contributed by atoms with Gasteiger partial charge in [0.15, 0.2) is 0 Å². The Morgan fingerprint density at radius 1 is 1.00 bits per heavy atom. The van der Waals surface area contributed by atoms with Gasteiger partial charge in [0.05, 0.1) is 5.69 Å². The van der Waals surface area contributed by atoms with E-state index < -0.39 is 0 Å². The van der Waals surface area contributed by atoms with Gasteiger partial charge in [-0.1, -0.05) is 28.7 Å². The Bertz CT molecular complexity index is 324. The van der Waals surface area contributed by atoms with Crippen molar-refractivity contribution in [2.75, 3.05) is 11.5 Å². The van der Waals surface area contributed by atoms with Gasteiger partial charge in [0, 0.05) is 16.5 Å². The normalized spacial score (nSPS) is 18.1. The number of benzene rings is 1. The van der Waals surface area contributed by atoms with Crippen LogP contribution in [0.2, 0.25) is 5.02 Å². The van der Waals surface area contributed by atoms with E-state index in [1.165, 1.54) is 30.8 Å². The van der Waals surface area contributed by atoms with Crippen molar-refractivity contribution >= 4 is 28.0 Å². The van der Waals surface area contributed by atoms with Gasteiger partial charge < -0.3 is 0 Å². The molecule has 2 rings (SSSR count). The molecule has 0 saturated carbocycles. The molecule has 1 nitrogen and oxygen atoms in total. The third-order valence-corrected chi connectivity index (χ3v) is 4.56. The zero-order valence-electron chi connectivity index (χ0n) is 8.08. The van der Waals surface area contributed by atoms with Crippen LogP contribution < -0.4 is 0 Å². The SMILES string of the molecule is Clc1ccc(N=S2CCCCC2)cc1. The van der Waals surface area contributed by atoms with E-state index >= 15 is 0 Å². The fourth-order valence-corrected chi connectivity index (χ4v) is 3.57. The van der Waals surface area contributed by atoms with Gasteiger partial charge >= 0.3 is 0 Å². The van der Waals surface area contributed by atoms with Crippen molar-refractivity contribution in [3.8, 4) is 0 Å². The highest BCUT2D eigenvalue weighted by atomic mass is 35.5. The van der Waals surface area contributed by atoms with Crippen LogP contribution in [-0.2, 0) is 10.7 Å². The van der Waals surface area contributed by atoms with Gasteiger partial charge in [-0.05, 0) is 37.1 Å². The Morgan fingerprint density at radius 2 is 1.64 bits per heavy atom. The monoisotopic (exact) mass is 227 g/mol. The molecule has 1 saturated heterocycles. The molecule has 1 fully saturated rings. The molecular weight excluding hydrogens is 214 g/mol. The minimum Gasteiger partial charge on any atom is -0.228 e. The highest BCUT2D eigenvalue weighted by molar-refractivity contribution is 7.87. The molecule has 0 amide bonds. The summed E-state index contributed by atoms with van der Waals surface area (Å²) in [4.78, 5) is 0. The number of hydrogen-bond acceptors (Lipinski definition) is 1. The fraction of sp³-hybridized carbons (Fsp3) is 0.455. The maximum atomic E-state index is 5.82. The molecule has 0 atom stereocenters. The Balaban J connectivity index is 2.11. The third-order valence-electron chi connectivity index (χ3n) is 2.32. The molecule has 0 unspecified atom stereocenters. The Morgan fingerprint density at radius 3 is 2.29 bits per heavy atom. The van der Waals surface area contributed by atoms with E-state index in [-0.39, 0.29) is 10.7 Å². The van der Waals surface area contributed by atoms with Crippen LogP contribution in [0.4, 0.5) is 5.69 Å². The summed E-state index contributed by atoms with van der Waals surface area (Å²) in [6.07, 6.45) is 4.08. The molecule has 1 aromatic carbocycles. The van der Waals surface area contributed by atoms with E-state index in [0.717, 1.165) is 10.7 Å². The molecule has 1 heterocycles. The van der Waals surface area contributed by atoms with Gasteiger partial charge in [0.1, 0.15) is 0 Å². The second-order valence-corrected chi connectivity index (χ2v) is 5.86. The summed E-state index contributed by atoms with van der Waals surface area (Å²) in [6.45, 7) is 0. The average Bonchev–Trinajstić information content (AvgIpc) is 2.23. The van der Waals surface area contributed by atoms with Crippen LogP contribution in [-0.4, -0.2) is 11.5 Å². The van der Waals surface area contributed by atoms with Crippen LogP contribution in [0.25, 0.3) is 0 Å². The van der Waals surface area contributed by atoms with Crippen LogP contribution in [0.5, 0.6) is 0 Å². The molecule has 0 radical (unpaired) electrons. The van der Waals surface area contributed by atoms with Crippen molar-refractivity contribution in [3.05, 3.63) is 29.3 Å². The molecule has 0 bridgehead atoms. The predicted molar refractivity (Wildman–Crippen MR) is 64.5 cm³/mol. The van der Waals surface area contributed by atoms with Gasteiger partial charge in [0.25, 0.3) is 0 Å². The number of rotatable bonds is 1. The lowest BCUT2D eigenvalue weighted by molar-refractivity contribution is 0.760. The van der Waals surface area contributed by atoms with Crippen molar-refractivity contribution < 1.29 is 0 Å². The topological polar surface area (TPSA) is 12.4 Å². The average molecular weight is 228 g/mol. The van der Waals surface area contributed by atoms with Crippen molar-refractivity contribution in [1.82, 2.24) is 0 Å². The standard InChI is InChI=1S/C11H14ClNS/c12-10-4-6-11(7-5-10)13-14-8-2-1-3-9-14/h4-7H,1-3,8-9H2. The van der Waals surface area contributed by atoms with E-state index in [9.17, 15) is 0 Å². The highest BCUT2D eigenvalue weighted by Gasteiger charge is 2.04. The quantitative estimate of drug-likeness (QED) is 0.689. The molecule has 0 spiro atoms. The van der Waals surface area contributed by atoms with Crippen molar-refractivity contribution in [2.24, 2.45) is 4.36 Å². The lowest BCUT2D eigenvalue weighted by atomic mass is 10.3. The second-order valence-electron chi connectivity index (χ2n) is 3.50. The molecule has 0 aliphatic carbocycles. The number of halogens is 1. The van der Waals surface area contributed by atoms with Gasteiger partial charge in [-0.15, -0.1) is 0 Å². The van der Waals surface area contributed by atoms with E-state index in [2.05, 4.69) is 0 Å². The highest BCUT2D eigenvalue weighted by Crippen LogP contribution is 2.19. The van der Waals surface area contributed by atoms with Gasteiger partial charge in [-0.3, -0.25) is 0 Å². The van der Waals surface area contributed by atoms with Gasteiger partial charge in [-0.25, -0.2) is 4.36 Å². The van der Waals surface area contributed by atoms with Crippen molar-refractivity contribution in [3.63, 3.8) is 0 Å². The summed E-state index contributed by atoms with van der Waals surface area (Å²) in [6, 6.07) is 7.83. The van der Waals surface area contributed by atoms with Crippen LogP contribution >= 0.6 is 11.6 Å². The first-order valence-electron chi connectivity index (χ1n) is 4.99. The number of nitrogens with zero attached hydrogens (tertiary/aromatic N) is 1. The molecule has 76 valence electrons. The second kappa shape index (κ2) is 4.94. The van der Waals surface area contributed by atoms with E-state index in [4.69, 9.17) is 16.0 Å².